The summed E-state index contributed by atoms with van der Waals surface area (Å²) in [4.78, 5) is 6.06. The van der Waals surface area contributed by atoms with Crippen molar-refractivity contribution in [2.45, 2.75) is 77.8 Å². The molecule has 154 valence electrons. The first-order valence-corrected chi connectivity index (χ1v) is 11.0. The largest absolute Gasteiger partial charge is 0.376 e. The van der Waals surface area contributed by atoms with Gasteiger partial charge in [-0.05, 0) is 57.9 Å². The molecule has 1 aliphatic carbocycles. The van der Waals surface area contributed by atoms with Crippen molar-refractivity contribution in [1.29, 1.82) is 0 Å². The maximum absolute atomic E-state index is 5.97. The van der Waals surface area contributed by atoms with Gasteiger partial charge < -0.3 is 19.9 Å². The SMILES string of the molecule is Cc1nnc(CN=C(NCc2cccs2)NC2CCC(OC(C)C)CC2)n1C. The van der Waals surface area contributed by atoms with Gasteiger partial charge in [0.15, 0.2) is 11.8 Å². The number of rotatable bonds is 7. The van der Waals surface area contributed by atoms with Gasteiger partial charge in [0, 0.05) is 18.0 Å². The molecule has 8 heteroatoms. The zero-order valence-corrected chi connectivity index (χ0v) is 18.1. The third-order valence-corrected chi connectivity index (χ3v) is 5.93. The van der Waals surface area contributed by atoms with E-state index in [0.717, 1.165) is 49.8 Å². The fourth-order valence-corrected chi connectivity index (χ4v) is 4.04. The Morgan fingerprint density at radius 2 is 2.11 bits per heavy atom. The second-order valence-corrected chi connectivity index (χ2v) is 8.66. The van der Waals surface area contributed by atoms with Crippen molar-refractivity contribution in [1.82, 2.24) is 25.4 Å². The van der Waals surface area contributed by atoms with E-state index in [1.54, 1.807) is 11.3 Å². The van der Waals surface area contributed by atoms with Crippen LogP contribution in [-0.4, -0.2) is 39.0 Å². The number of aromatic nitrogens is 3. The monoisotopic (exact) mass is 404 g/mol. The highest BCUT2D eigenvalue weighted by molar-refractivity contribution is 7.09. The van der Waals surface area contributed by atoms with Gasteiger partial charge in [-0.2, -0.15) is 0 Å². The first kappa shape index (κ1) is 20.8. The molecule has 7 nitrogen and oxygen atoms in total. The highest BCUT2D eigenvalue weighted by Crippen LogP contribution is 2.22. The molecule has 1 aliphatic rings. The van der Waals surface area contributed by atoms with Crippen LogP contribution in [0.4, 0.5) is 0 Å². The molecule has 2 N–H and O–H groups in total. The summed E-state index contributed by atoms with van der Waals surface area (Å²) in [5.41, 5.74) is 0. The number of guanidine groups is 1. The second kappa shape index (κ2) is 10.0. The minimum absolute atomic E-state index is 0.300. The summed E-state index contributed by atoms with van der Waals surface area (Å²) in [6, 6.07) is 4.63. The Morgan fingerprint density at radius 3 is 2.71 bits per heavy atom. The summed E-state index contributed by atoms with van der Waals surface area (Å²) in [6.07, 6.45) is 5.07. The van der Waals surface area contributed by atoms with Crippen LogP contribution >= 0.6 is 11.3 Å². The predicted molar refractivity (Wildman–Crippen MR) is 113 cm³/mol. The van der Waals surface area contributed by atoms with E-state index in [9.17, 15) is 0 Å². The minimum Gasteiger partial charge on any atom is -0.376 e. The minimum atomic E-state index is 0.300. The molecule has 2 aromatic heterocycles. The van der Waals surface area contributed by atoms with E-state index in [1.807, 2.05) is 18.5 Å². The van der Waals surface area contributed by atoms with Crippen LogP contribution in [0.5, 0.6) is 0 Å². The average Bonchev–Trinajstić information content (AvgIpc) is 3.30. The fraction of sp³-hybridized carbons (Fsp3) is 0.650. The molecular weight excluding hydrogens is 372 g/mol. The summed E-state index contributed by atoms with van der Waals surface area (Å²) in [6.45, 7) is 7.44. The van der Waals surface area contributed by atoms with E-state index in [-0.39, 0.29) is 0 Å². The van der Waals surface area contributed by atoms with E-state index < -0.39 is 0 Å². The van der Waals surface area contributed by atoms with Gasteiger partial charge in [0.05, 0.1) is 18.8 Å². The van der Waals surface area contributed by atoms with Gasteiger partial charge in [-0.25, -0.2) is 4.99 Å². The molecule has 1 saturated carbocycles. The third-order valence-electron chi connectivity index (χ3n) is 5.05. The van der Waals surface area contributed by atoms with Crippen LogP contribution in [0.1, 0.15) is 56.1 Å². The molecule has 0 bridgehead atoms. The van der Waals surface area contributed by atoms with Crippen LogP contribution in [0.2, 0.25) is 0 Å². The van der Waals surface area contributed by atoms with Crippen molar-refractivity contribution in [2.75, 3.05) is 0 Å². The molecule has 2 aromatic rings. The van der Waals surface area contributed by atoms with Crippen LogP contribution in [0, 0.1) is 6.92 Å². The summed E-state index contributed by atoms with van der Waals surface area (Å²) < 4.78 is 7.95. The molecule has 0 atom stereocenters. The summed E-state index contributed by atoms with van der Waals surface area (Å²) in [5, 5.41) is 17.5. The normalized spacial score (nSPS) is 20.5. The predicted octanol–water partition coefficient (Wildman–Crippen LogP) is 3.16. The number of aryl methyl sites for hydroxylation is 1. The van der Waals surface area contributed by atoms with Crippen molar-refractivity contribution in [2.24, 2.45) is 12.0 Å². The van der Waals surface area contributed by atoms with Crippen LogP contribution in [0.15, 0.2) is 22.5 Å². The Morgan fingerprint density at radius 1 is 1.32 bits per heavy atom. The van der Waals surface area contributed by atoms with E-state index in [1.165, 1.54) is 4.88 Å². The Hall–Kier alpha value is -1.93. The maximum Gasteiger partial charge on any atom is 0.192 e. The lowest BCUT2D eigenvalue weighted by molar-refractivity contribution is -0.0152. The van der Waals surface area contributed by atoms with Gasteiger partial charge in [0.1, 0.15) is 12.4 Å². The molecule has 28 heavy (non-hydrogen) atoms. The number of hydrogen-bond donors (Lipinski definition) is 2. The van der Waals surface area contributed by atoms with E-state index in [0.29, 0.717) is 24.8 Å². The van der Waals surface area contributed by atoms with E-state index in [2.05, 4.69) is 52.2 Å². The highest BCUT2D eigenvalue weighted by Gasteiger charge is 2.23. The van der Waals surface area contributed by atoms with Crippen LogP contribution in [0.25, 0.3) is 0 Å². The third kappa shape index (κ3) is 6.04. The molecule has 0 radical (unpaired) electrons. The lowest BCUT2D eigenvalue weighted by Crippen LogP contribution is -2.45. The lowest BCUT2D eigenvalue weighted by Gasteiger charge is -2.31. The van der Waals surface area contributed by atoms with Gasteiger partial charge in [-0.3, -0.25) is 0 Å². The Kier molecular flexibility index (Phi) is 7.44. The first-order chi connectivity index (χ1) is 13.5. The fourth-order valence-electron chi connectivity index (χ4n) is 3.40. The highest BCUT2D eigenvalue weighted by atomic mass is 32.1. The zero-order chi connectivity index (χ0) is 19.9. The Labute approximate surface area is 171 Å². The first-order valence-electron chi connectivity index (χ1n) is 10.1. The lowest BCUT2D eigenvalue weighted by atomic mass is 9.93. The van der Waals surface area contributed by atoms with Gasteiger partial charge in [-0.1, -0.05) is 6.07 Å². The van der Waals surface area contributed by atoms with Crippen molar-refractivity contribution < 1.29 is 4.74 Å². The Balaban J connectivity index is 1.59. The van der Waals surface area contributed by atoms with Gasteiger partial charge in [0.25, 0.3) is 0 Å². The van der Waals surface area contributed by atoms with Gasteiger partial charge in [-0.15, -0.1) is 21.5 Å². The van der Waals surface area contributed by atoms with Crippen molar-refractivity contribution in [3.63, 3.8) is 0 Å². The van der Waals surface area contributed by atoms with Crippen LogP contribution in [0.3, 0.4) is 0 Å². The number of aliphatic imine (C=N–C) groups is 1. The summed E-state index contributed by atoms with van der Waals surface area (Å²) in [7, 11) is 1.97. The molecule has 0 amide bonds. The smallest absolute Gasteiger partial charge is 0.192 e. The molecular formula is C20H32N6OS. The molecule has 0 aliphatic heterocycles. The quantitative estimate of drug-likeness (QED) is 0.548. The number of nitrogens with one attached hydrogen (secondary N) is 2. The molecule has 0 spiro atoms. The number of hydrogen-bond acceptors (Lipinski definition) is 5. The van der Waals surface area contributed by atoms with E-state index >= 15 is 0 Å². The summed E-state index contributed by atoms with van der Waals surface area (Å²) >= 11 is 1.75. The molecule has 1 fully saturated rings. The standard InChI is InChI=1S/C20H32N6OS/c1-14(2)27-17-9-7-16(8-10-17)23-20(21-12-18-6-5-11-28-18)22-13-19-25-24-15(3)26(19)4/h5-6,11,14,16-17H,7-10,12-13H2,1-4H3,(H2,21,22,23). The zero-order valence-electron chi connectivity index (χ0n) is 17.3. The number of ether oxygens (including phenoxy) is 1. The van der Waals surface area contributed by atoms with Gasteiger partial charge >= 0.3 is 0 Å². The van der Waals surface area contributed by atoms with E-state index in [4.69, 9.17) is 9.73 Å². The van der Waals surface area contributed by atoms with Crippen LogP contribution in [-0.2, 0) is 24.9 Å². The Bertz CT molecular complexity index is 747. The molecule has 2 heterocycles. The molecule has 0 aromatic carbocycles. The topological polar surface area (TPSA) is 76.4 Å². The molecule has 0 unspecified atom stereocenters. The van der Waals surface area contributed by atoms with Crippen molar-refractivity contribution in [3.05, 3.63) is 34.0 Å². The van der Waals surface area contributed by atoms with Crippen LogP contribution < -0.4 is 10.6 Å². The second-order valence-electron chi connectivity index (χ2n) is 7.62. The molecule has 3 rings (SSSR count). The van der Waals surface area contributed by atoms with Gasteiger partial charge in [0.2, 0.25) is 0 Å². The number of thiophene rings is 1. The van der Waals surface area contributed by atoms with Crippen molar-refractivity contribution in [3.8, 4) is 0 Å². The average molecular weight is 405 g/mol. The van der Waals surface area contributed by atoms with Crippen molar-refractivity contribution >= 4 is 17.3 Å². The number of nitrogens with zero attached hydrogens (tertiary/aromatic N) is 4. The molecule has 0 saturated heterocycles. The summed E-state index contributed by atoms with van der Waals surface area (Å²) in [5.74, 6) is 2.60. The maximum atomic E-state index is 5.97.